The Morgan fingerprint density at radius 2 is 1.74 bits per heavy atom. The molecule has 1 aromatic carbocycles. The highest BCUT2D eigenvalue weighted by molar-refractivity contribution is 5.27. The summed E-state index contributed by atoms with van der Waals surface area (Å²) in [6.07, 6.45) is 4.84. The number of aliphatic hydroxyl groups excluding tert-OH is 1. The molecule has 0 radical (unpaired) electrons. The van der Waals surface area contributed by atoms with E-state index < -0.39 is 17.7 Å². The summed E-state index contributed by atoms with van der Waals surface area (Å²) in [6.45, 7) is 0. The highest BCUT2D eigenvalue weighted by Crippen LogP contribution is 2.53. The van der Waals surface area contributed by atoms with Gasteiger partial charge in [-0.2, -0.15) is 0 Å². The van der Waals surface area contributed by atoms with E-state index in [1.807, 2.05) is 0 Å². The van der Waals surface area contributed by atoms with E-state index in [1.54, 1.807) is 0 Å². The standard InChI is InChI=1S/C15H18F2O2/c16-10-5-4-6-11(17)14(10)19-13-9-12(18)15(13)7-2-1-3-8-15/h4-6,12-13,18H,1-3,7-9H2. The van der Waals surface area contributed by atoms with E-state index in [0.29, 0.717) is 6.42 Å². The Balaban J connectivity index is 1.80. The summed E-state index contributed by atoms with van der Waals surface area (Å²) in [5, 5.41) is 10.0. The SMILES string of the molecule is OC1CC(Oc2c(F)cccc2F)C12CCCCC2. The Morgan fingerprint density at radius 3 is 2.32 bits per heavy atom. The van der Waals surface area contributed by atoms with Gasteiger partial charge in [0.25, 0.3) is 0 Å². The van der Waals surface area contributed by atoms with E-state index in [9.17, 15) is 13.9 Å². The average Bonchev–Trinajstić information content (AvgIpc) is 2.43. The number of hydrogen-bond donors (Lipinski definition) is 1. The molecule has 2 nitrogen and oxygen atoms in total. The van der Waals surface area contributed by atoms with Gasteiger partial charge in [-0.05, 0) is 25.0 Å². The van der Waals surface area contributed by atoms with Crippen molar-refractivity contribution in [3.8, 4) is 5.75 Å². The lowest BCUT2D eigenvalue weighted by Crippen LogP contribution is -2.60. The van der Waals surface area contributed by atoms with Gasteiger partial charge in [-0.15, -0.1) is 0 Å². The third-order valence-electron chi connectivity index (χ3n) is 4.71. The van der Waals surface area contributed by atoms with Gasteiger partial charge in [-0.25, -0.2) is 8.78 Å². The van der Waals surface area contributed by atoms with Crippen LogP contribution in [0.2, 0.25) is 0 Å². The molecule has 104 valence electrons. The first-order valence-electron chi connectivity index (χ1n) is 6.92. The summed E-state index contributed by atoms with van der Waals surface area (Å²) in [5.41, 5.74) is -0.285. The molecule has 0 saturated heterocycles. The molecule has 1 spiro atoms. The maximum atomic E-state index is 13.6. The van der Waals surface area contributed by atoms with E-state index in [4.69, 9.17) is 4.74 Å². The van der Waals surface area contributed by atoms with Crippen LogP contribution in [0.5, 0.6) is 5.75 Å². The molecule has 2 aliphatic rings. The summed E-state index contributed by atoms with van der Waals surface area (Å²) in [6, 6.07) is 3.71. The Kier molecular flexibility index (Phi) is 3.21. The maximum absolute atomic E-state index is 13.6. The lowest BCUT2D eigenvalue weighted by Gasteiger charge is -2.55. The van der Waals surface area contributed by atoms with E-state index in [0.717, 1.165) is 32.1 Å². The van der Waals surface area contributed by atoms with Crippen LogP contribution in [0.1, 0.15) is 38.5 Å². The molecule has 0 aromatic heterocycles. The van der Waals surface area contributed by atoms with Gasteiger partial charge in [0.2, 0.25) is 0 Å². The molecule has 2 fully saturated rings. The average molecular weight is 268 g/mol. The van der Waals surface area contributed by atoms with Crippen molar-refractivity contribution in [1.29, 1.82) is 0 Å². The van der Waals surface area contributed by atoms with Gasteiger partial charge in [0.05, 0.1) is 6.10 Å². The first kappa shape index (κ1) is 12.9. The second-order valence-electron chi connectivity index (χ2n) is 5.70. The van der Waals surface area contributed by atoms with Gasteiger partial charge in [-0.3, -0.25) is 0 Å². The molecule has 4 heteroatoms. The number of hydrogen-bond acceptors (Lipinski definition) is 2. The second-order valence-corrected chi connectivity index (χ2v) is 5.70. The Hall–Kier alpha value is -1.16. The third kappa shape index (κ3) is 2.02. The summed E-state index contributed by atoms with van der Waals surface area (Å²) >= 11 is 0. The minimum atomic E-state index is -0.674. The topological polar surface area (TPSA) is 29.5 Å². The van der Waals surface area contributed by atoms with Crippen molar-refractivity contribution in [3.63, 3.8) is 0 Å². The van der Waals surface area contributed by atoms with Crippen molar-refractivity contribution in [2.24, 2.45) is 5.41 Å². The van der Waals surface area contributed by atoms with Crippen LogP contribution in [0.4, 0.5) is 8.78 Å². The van der Waals surface area contributed by atoms with Crippen LogP contribution in [0.15, 0.2) is 18.2 Å². The molecule has 0 heterocycles. The first-order chi connectivity index (χ1) is 9.13. The lowest BCUT2D eigenvalue weighted by atomic mass is 9.56. The zero-order valence-corrected chi connectivity index (χ0v) is 10.7. The van der Waals surface area contributed by atoms with Crippen LogP contribution in [0, 0.1) is 17.0 Å². The number of rotatable bonds is 2. The predicted molar refractivity (Wildman–Crippen MR) is 66.9 cm³/mol. The number of aliphatic hydroxyl groups is 1. The maximum Gasteiger partial charge on any atom is 0.191 e. The summed E-state index contributed by atoms with van der Waals surface area (Å²) in [7, 11) is 0. The van der Waals surface area contributed by atoms with Crippen molar-refractivity contribution in [2.45, 2.75) is 50.7 Å². The summed E-state index contributed by atoms with van der Waals surface area (Å²) < 4.78 is 32.8. The molecule has 2 unspecified atom stereocenters. The Morgan fingerprint density at radius 1 is 1.11 bits per heavy atom. The minimum absolute atomic E-state index is 0.269. The zero-order chi connectivity index (χ0) is 13.5. The van der Waals surface area contributed by atoms with E-state index in [1.165, 1.54) is 18.2 Å². The molecule has 2 atom stereocenters. The van der Waals surface area contributed by atoms with Crippen LogP contribution in [0.3, 0.4) is 0 Å². The first-order valence-corrected chi connectivity index (χ1v) is 6.92. The fraction of sp³-hybridized carbons (Fsp3) is 0.600. The van der Waals surface area contributed by atoms with E-state index >= 15 is 0 Å². The molecule has 19 heavy (non-hydrogen) atoms. The molecular formula is C15H18F2O2. The summed E-state index contributed by atoms with van der Waals surface area (Å²) in [5.74, 6) is -1.65. The second kappa shape index (κ2) is 4.75. The van der Waals surface area contributed by atoms with Crippen molar-refractivity contribution in [2.75, 3.05) is 0 Å². The minimum Gasteiger partial charge on any atom is -0.484 e. The van der Waals surface area contributed by atoms with Gasteiger partial charge < -0.3 is 9.84 Å². The monoisotopic (exact) mass is 268 g/mol. The molecule has 0 amide bonds. The van der Waals surface area contributed by atoms with E-state index in [-0.39, 0.29) is 17.3 Å². The smallest absolute Gasteiger partial charge is 0.191 e. The molecule has 0 aliphatic heterocycles. The number of benzene rings is 1. The van der Waals surface area contributed by atoms with Crippen LogP contribution in [0.25, 0.3) is 0 Å². The summed E-state index contributed by atoms with van der Waals surface area (Å²) in [4.78, 5) is 0. The van der Waals surface area contributed by atoms with Crippen LogP contribution < -0.4 is 4.74 Å². The van der Waals surface area contributed by atoms with Gasteiger partial charge in [-0.1, -0.05) is 25.3 Å². The van der Waals surface area contributed by atoms with Gasteiger partial charge in [0.15, 0.2) is 17.4 Å². The highest BCUT2D eigenvalue weighted by Gasteiger charge is 2.56. The molecule has 0 bridgehead atoms. The van der Waals surface area contributed by atoms with Crippen LogP contribution >= 0.6 is 0 Å². The third-order valence-corrected chi connectivity index (χ3v) is 4.71. The predicted octanol–water partition coefficient (Wildman–Crippen LogP) is 3.43. The van der Waals surface area contributed by atoms with Gasteiger partial charge >= 0.3 is 0 Å². The van der Waals surface area contributed by atoms with E-state index in [2.05, 4.69) is 0 Å². The number of halogens is 2. The van der Waals surface area contributed by atoms with Crippen molar-refractivity contribution in [1.82, 2.24) is 0 Å². The van der Waals surface area contributed by atoms with Crippen LogP contribution in [-0.2, 0) is 0 Å². The number of ether oxygens (including phenoxy) is 1. The zero-order valence-electron chi connectivity index (χ0n) is 10.7. The molecular weight excluding hydrogens is 250 g/mol. The van der Waals surface area contributed by atoms with Crippen molar-refractivity contribution in [3.05, 3.63) is 29.8 Å². The molecule has 2 aliphatic carbocycles. The largest absolute Gasteiger partial charge is 0.484 e. The fourth-order valence-corrected chi connectivity index (χ4v) is 3.49. The van der Waals surface area contributed by atoms with Crippen molar-refractivity contribution >= 4 is 0 Å². The van der Waals surface area contributed by atoms with Crippen molar-refractivity contribution < 1.29 is 18.6 Å². The quantitative estimate of drug-likeness (QED) is 0.890. The Bertz CT molecular complexity index is 449. The van der Waals surface area contributed by atoms with Gasteiger partial charge in [0.1, 0.15) is 6.10 Å². The van der Waals surface area contributed by atoms with Gasteiger partial charge in [0, 0.05) is 11.8 Å². The number of para-hydroxylation sites is 1. The fourth-order valence-electron chi connectivity index (χ4n) is 3.49. The lowest BCUT2D eigenvalue weighted by molar-refractivity contribution is -0.173. The highest BCUT2D eigenvalue weighted by atomic mass is 19.1. The Labute approximate surface area is 111 Å². The molecule has 1 aromatic rings. The molecule has 1 N–H and O–H groups in total. The normalized spacial score (nSPS) is 29.0. The molecule has 2 saturated carbocycles. The van der Waals surface area contributed by atoms with Crippen LogP contribution in [-0.4, -0.2) is 17.3 Å². The molecule has 3 rings (SSSR count).